The summed E-state index contributed by atoms with van der Waals surface area (Å²) in [6, 6.07) is 3.22. The predicted octanol–water partition coefficient (Wildman–Crippen LogP) is 1.32. The molecule has 1 rings (SSSR count). The van der Waals surface area contributed by atoms with E-state index >= 15 is 0 Å². The van der Waals surface area contributed by atoms with E-state index in [0.717, 1.165) is 0 Å². The van der Waals surface area contributed by atoms with Crippen molar-refractivity contribution in [1.82, 2.24) is 10.0 Å². The van der Waals surface area contributed by atoms with Crippen LogP contribution >= 0.6 is 11.6 Å². The first-order chi connectivity index (χ1) is 8.36. The maximum atomic E-state index is 11.9. The van der Waals surface area contributed by atoms with Crippen molar-refractivity contribution in [3.8, 4) is 0 Å². The molecular formula is C10H14ClN3O3S. The summed E-state index contributed by atoms with van der Waals surface area (Å²) in [6.45, 7) is 2.23. The predicted molar refractivity (Wildman–Crippen MR) is 69.9 cm³/mol. The minimum atomic E-state index is -4.02. The van der Waals surface area contributed by atoms with Gasteiger partial charge in [0.1, 0.15) is 4.90 Å². The van der Waals surface area contributed by atoms with Crippen molar-refractivity contribution in [3.63, 3.8) is 0 Å². The SMILES string of the molecule is CCCNC(=O)NS(=O)(=O)c1cc(N)ccc1Cl. The Kier molecular flexibility index (Phi) is 4.80. The van der Waals surface area contributed by atoms with E-state index in [4.69, 9.17) is 17.3 Å². The molecule has 0 atom stereocenters. The maximum Gasteiger partial charge on any atom is 0.328 e. The number of carbonyl (C=O) groups is 1. The molecule has 18 heavy (non-hydrogen) atoms. The molecule has 0 aliphatic rings. The average molecular weight is 292 g/mol. The van der Waals surface area contributed by atoms with Crippen LogP contribution in [-0.2, 0) is 10.0 Å². The highest BCUT2D eigenvalue weighted by Crippen LogP contribution is 2.23. The van der Waals surface area contributed by atoms with E-state index in [1.807, 2.05) is 11.6 Å². The number of benzene rings is 1. The maximum absolute atomic E-state index is 11.9. The fourth-order valence-electron chi connectivity index (χ4n) is 1.18. The van der Waals surface area contributed by atoms with Crippen molar-refractivity contribution >= 4 is 33.3 Å². The van der Waals surface area contributed by atoms with E-state index in [2.05, 4.69) is 5.32 Å². The fourth-order valence-corrected chi connectivity index (χ4v) is 2.64. The number of carbonyl (C=O) groups excluding carboxylic acids is 1. The number of amides is 2. The van der Waals surface area contributed by atoms with Gasteiger partial charge in [-0.2, -0.15) is 0 Å². The zero-order valence-corrected chi connectivity index (χ0v) is 11.3. The molecule has 4 N–H and O–H groups in total. The van der Waals surface area contributed by atoms with Crippen molar-refractivity contribution in [1.29, 1.82) is 0 Å². The number of rotatable bonds is 4. The van der Waals surface area contributed by atoms with Gasteiger partial charge < -0.3 is 11.1 Å². The van der Waals surface area contributed by atoms with Crippen LogP contribution in [0.1, 0.15) is 13.3 Å². The summed E-state index contributed by atoms with van der Waals surface area (Å²) in [7, 11) is -4.02. The minimum absolute atomic E-state index is 0.00000785. The summed E-state index contributed by atoms with van der Waals surface area (Å²) in [6.07, 6.45) is 0.701. The molecule has 0 aliphatic carbocycles. The molecule has 0 fully saturated rings. The first-order valence-corrected chi connectivity index (χ1v) is 7.08. The quantitative estimate of drug-likeness (QED) is 0.728. The summed E-state index contributed by atoms with van der Waals surface area (Å²) in [5, 5.41) is 2.39. The van der Waals surface area contributed by atoms with E-state index in [0.29, 0.717) is 13.0 Å². The molecule has 0 unspecified atom stereocenters. The lowest BCUT2D eigenvalue weighted by atomic mass is 10.3. The van der Waals surface area contributed by atoms with Gasteiger partial charge in [0.05, 0.1) is 5.02 Å². The Bertz CT molecular complexity index is 545. The van der Waals surface area contributed by atoms with Crippen LogP contribution in [0.25, 0.3) is 0 Å². The summed E-state index contributed by atoms with van der Waals surface area (Å²) in [5.41, 5.74) is 5.73. The van der Waals surface area contributed by atoms with Gasteiger partial charge in [-0.25, -0.2) is 17.9 Å². The van der Waals surface area contributed by atoms with E-state index < -0.39 is 16.1 Å². The van der Waals surface area contributed by atoms with E-state index in [9.17, 15) is 13.2 Å². The highest BCUT2D eigenvalue weighted by Gasteiger charge is 2.20. The van der Waals surface area contributed by atoms with Crippen molar-refractivity contribution in [2.24, 2.45) is 0 Å². The van der Waals surface area contributed by atoms with Gasteiger partial charge in [0, 0.05) is 12.2 Å². The van der Waals surface area contributed by atoms with Crippen molar-refractivity contribution in [2.75, 3.05) is 12.3 Å². The molecule has 8 heteroatoms. The first kappa shape index (κ1) is 14.6. The number of anilines is 1. The molecular weight excluding hydrogens is 278 g/mol. The molecule has 100 valence electrons. The standard InChI is InChI=1S/C10H14ClN3O3S/c1-2-5-13-10(15)14-18(16,17)9-6-7(12)3-4-8(9)11/h3-4,6H,2,5,12H2,1H3,(H2,13,14,15). The van der Waals surface area contributed by atoms with Gasteiger partial charge in [-0.15, -0.1) is 0 Å². The topological polar surface area (TPSA) is 101 Å². The second-order valence-corrected chi connectivity index (χ2v) is 5.61. The van der Waals surface area contributed by atoms with E-state index in [-0.39, 0.29) is 15.6 Å². The molecule has 0 radical (unpaired) electrons. The third kappa shape index (κ3) is 3.78. The number of nitrogens with two attached hydrogens (primary N) is 1. The molecule has 1 aromatic rings. The average Bonchev–Trinajstić information content (AvgIpc) is 2.29. The highest BCUT2D eigenvalue weighted by atomic mass is 35.5. The molecule has 2 amide bonds. The highest BCUT2D eigenvalue weighted by molar-refractivity contribution is 7.90. The molecule has 1 aromatic carbocycles. The lowest BCUT2D eigenvalue weighted by molar-refractivity contribution is 0.246. The Hall–Kier alpha value is -1.47. The summed E-state index contributed by atoms with van der Waals surface area (Å²) in [4.78, 5) is 11.1. The van der Waals surface area contributed by atoms with Crippen LogP contribution in [0.15, 0.2) is 23.1 Å². The molecule has 0 saturated heterocycles. The van der Waals surface area contributed by atoms with Crippen LogP contribution in [-0.4, -0.2) is 21.0 Å². The van der Waals surface area contributed by atoms with Crippen molar-refractivity contribution in [2.45, 2.75) is 18.2 Å². The Morgan fingerprint density at radius 1 is 1.44 bits per heavy atom. The molecule has 0 heterocycles. The van der Waals surface area contributed by atoms with Gasteiger partial charge in [-0.05, 0) is 24.6 Å². The molecule has 0 aliphatic heterocycles. The normalized spacial score (nSPS) is 11.0. The minimum Gasteiger partial charge on any atom is -0.399 e. The number of hydrogen-bond donors (Lipinski definition) is 3. The fraction of sp³-hybridized carbons (Fsp3) is 0.300. The number of sulfonamides is 1. The lowest BCUT2D eigenvalue weighted by Crippen LogP contribution is -2.39. The zero-order chi connectivity index (χ0) is 13.8. The Morgan fingerprint density at radius 2 is 2.11 bits per heavy atom. The lowest BCUT2D eigenvalue weighted by Gasteiger charge is -2.09. The smallest absolute Gasteiger partial charge is 0.328 e. The van der Waals surface area contributed by atoms with Gasteiger partial charge in [0.25, 0.3) is 10.0 Å². The van der Waals surface area contributed by atoms with Crippen molar-refractivity contribution in [3.05, 3.63) is 23.2 Å². The number of halogens is 1. The Labute approximate surface area is 111 Å². The van der Waals surface area contributed by atoms with E-state index in [1.54, 1.807) is 0 Å². The Morgan fingerprint density at radius 3 is 2.72 bits per heavy atom. The summed E-state index contributed by atoms with van der Waals surface area (Å²) >= 11 is 5.76. The molecule has 0 spiro atoms. The summed E-state index contributed by atoms with van der Waals surface area (Å²) in [5.74, 6) is 0. The second kappa shape index (κ2) is 5.92. The van der Waals surface area contributed by atoms with Gasteiger partial charge in [0.15, 0.2) is 0 Å². The second-order valence-electron chi connectivity index (χ2n) is 3.55. The monoisotopic (exact) mass is 291 g/mol. The van der Waals surface area contributed by atoms with Crippen LogP contribution in [0.2, 0.25) is 5.02 Å². The molecule has 0 bridgehead atoms. The van der Waals surface area contributed by atoms with Gasteiger partial charge in [-0.3, -0.25) is 0 Å². The number of nitrogens with one attached hydrogen (secondary N) is 2. The van der Waals surface area contributed by atoms with Crippen LogP contribution in [0.4, 0.5) is 10.5 Å². The molecule has 0 saturated carbocycles. The number of urea groups is 1. The van der Waals surface area contributed by atoms with Crippen LogP contribution in [0.3, 0.4) is 0 Å². The first-order valence-electron chi connectivity index (χ1n) is 5.22. The molecule has 6 nitrogen and oxygen atoms in total. The Balaban J connectivity index is 2.93. The van der Waals surface area contributed by atoms with Crippen LogP contribution in [0.5, 0.6) is 0 Å². The van der Waals surface area contributed by atoms with Crippen LogP contribution < -0.4 is 15.8 Å². The van der Waals surface area contributed by atoms with Gasteiger partial charge in [-0.1, -0.05) is 18.5 Å². The van der Waals surface area contributed by atoms with E-state index in [1.165, 1.54) is 18.2 Å². The third-order valence-corrected chi connectivity index (χ3v) is 3.82. The largest absolute Gasteiger partial charge is 0.399 e. The van der Waals surface area contributed by atoms with Crippen LogP contribution in [0, 0.1) is 0 Å². The number of hydrogen-bond acceptors (Lipinski definition) is 4. The van der Waals surface area contributed by atoms with Gasteiger partial charge >= 0.3 is 6.03 Å². The zero-order valence-electron chi connectivity index (χ0n) is 9.73. The van der Waals surface area contributed by atoms with Crippen molar-refractivity contribution < 1.29 is 13.2 Å². The summed E-state index contributed by atoms with van der Waals surface area (Å²) < 4.78 is 25.6. The third-order valence-electron chi connectivity index (χ3n) is 2.01. The molecule has 0 aromatic heterocycles. The van der Waals surface area contributed by atoms with Gasteiger partial charge in [0.2, 0.25) is 0 Å². The number of nitrogen functional groups attached to an aromatic ring is 1.